The zero-order valence-electron chi connectivity index (χ0n) is 22.1. The van der Waals surface area contributed by atoms with Crippen molar-refractivity contribution in [2.45, 2.75) is 85.2 Å². The Hall–Kier alpha value is -1.35. The monoisotopic (exact) mass is 463 g/mol. The van der Waals surface area contributed by atoms with Gasteiger partial charge in [-0.2, -0.15) is 0 Å². The predicted molar refractivity (Wildman–Crippen MR) is 137 cm³/mol. The van der Waals surface area contributed by atoms with Crippen LogP contribution in [0, 0.1) is 51.8 Å². The zero-order valence-corrected chi connectivity index (χ0v) is 22.1. The highest BCUT2D eigenvalue weighted by molar-refractivity contribution is 5.52. The predicted octanol–water partition coefficient (Wildman–Crippen LogP) is 7.41. The number of allylic oxidation sites excluding steroid dienone is 1. The Bertz CT molecular complexity index is 959. The minimum Gasteiger partial charge on any atom is -0.492 e. The van der Waals surface area contributed by atoms with Gasteiger partial charge in [-0.05, 0) is 123 Å². The van der Waals surface area contributed by atoms with Gasteiger partial charge in [-0.25, -0.2) is 0 Å². The molecule has 1 heterocycles. The smallest absolute Gasteiger partial charge is 0.144 e. The van der Waals surface area contributed by atoms with Crippen LogP contribution >= 0.6 is 0 Å². The number of methoxy groups -OCH3 is 1. The van der Waals surface area contributed by atoms with Crippen LogP contribution in [0.25, 0.3) is 6.08 Å². The second-order valence-electron chi connectivity index (χ2n) is 13.0. The van der Waals surface area contributed by atoms with Crippen LogP contribution in [0.2, 0.25) is 0 Å². The van der Waals surface area contributed by atoms with Crippen LogP contribution in [-0.2, 0) is 4.74 Å². The van der Waals surface area contributed by atoms with Gasteiger partial charge in [0.2, 0.25) is 0 Å². The molecule has 0 aromatic carbocycles. The van der Waals surface area contributed by atoms with Crippen LogP contribution in [0.15, 0.2) is 24.4 Å². The second kappa shape index (κ2) is 8.08. The molecular formula is C31H45NO2. The van der Waals surface area contributed by atoms with E-state index in [1.54, 1.807) is 0 Å². The highest BCUT2D eigenvalue weighted by atomic mass is 16.5. The lowest BCUT2D eigenvalue weighted by molar-refractivity contribution is -0.160. The van der Waals surface area contributed by atoms with E-state index < -0.39 is 0 Å². The summed E-state index contributed by atoms with van der Waals surface area (Å²) in [4.78, 5) is 4.59. The maximum absolute atomic E-state index is 6.31. The van der Waals surface area contributed by atoms with E-state index in [0.717, 1.165) is 41.0 Å². The molecule has 0 N–H and O–H groups in total. The van der Waals surface area contributed by atoms with E-state index in [-0.39, 0.29) is 0 Å². The van der Waals surface area contributed by atoms with Crippen molar-refractivity contribution < 1.29 is 9.47 Å². The van der Waals surface area contributed by atoms with Crippen molar-refractivity contribution in [1.29, 1.82) is 0 Å². The van der Waals surface area contributed by atoms with E-state index >= 15 is 0 Å². The van der Waals surface area contributed by atoms with Crippen LogP contribution in [0.1, 0.15) is 84.8 Å². The van der Waals surface area contributed by atoms with Crippen molar-refractivity contribution >= 4 is 6.08 Å². The number of pyridine rings is 1. The summed E-state index contributed by atoms with van der Waals surface area (Å²) in [6.45, 7) is 10.5. The van der Waals surface area contributed by atoms with Gasteiger partial charge in [0, 0.05) is 18.7 Å². The van der Waals surface area contributed by atoms with E-state index in [4.69, 9.17) is 9.47 Å². The fourth-order valence-electron chi connectivity index (χ4n) is 10.7. The van der Waals surface area contributed by atoms with E-state index in [2.05, 4.69) is 37.9 Å². The highest BCUT2D eigenvalue weighted by Gasteiger charge is 2.77. The summed E-state index contributed by atoms with van der Waals surface area (Å²) >= 11 is 0. The van der Waals surface area contributed by atoms with Gasteiger partial charge in [0.15, 0.2) is 0 Å². The molecule has 2 unspecified atom stereocenters. The molecule has 0 saturated heterocycles. The van der Waals surface area contributed by atoms with Crippen LogP contribution in [0.3, 0.4) is 0 Å². The normalized spacial score (nSPS) is 47.6. The van der Waals surface area contributed by atoms with Crippen molar-refractivity contribution in [2.24, 2.45) is 51.8 Å². The largest absolute Gasteiger partial charge is 0.492 e. The second-order valence-corrected chi connectivity index (χ2v) is 13.0. The standard InChI is InChI=1S/C31H45NO2/c1-6-34-27-8-7-17-32-26(27)12-9-20(2)23-10-11-24-22-18-28(33-5)31-19-21(31)13-16-30(31,4)25(22)14-15-29(23,24)3/h7-9,12,17,20-25,28H,6,10-11,13-16,18-19H2,1-5H3/b12-9+/t20-,21-,22+,23-,24+,25+,28?,29-,30-,31?/m1/s1. The molecule has 1 aromatic rings. The number of aromatic nitrogens is 1. The molecule has 1 aromatic heterocycles. The van der Waals surface area contributed by atoms with Crippen molar-refractivity contribution in [2.75, 3.05) is 13.7 Å². The molecule has 5 saturated carbocycles. The van der Waals surface area contributed by atoms with Crippen molar-refractivity contribution in [3.63, 3.8) is 0 Å². The lowest BCUT2D eigenvalue weighted by Gasteiger charge is -2.61. The van der Waals surface area contributed by atoms with Gasteiger partial charge in [0.05, 0.1) is 12.7 Å². The summed E-state index contributed by atoms with van der Waals surface area (Å²) in [5.74, 6) is 5.84. The Morgan fingerprint density at radius 3 is 2.76 bits per heavy atom. The van der Waals surface area contributed by atoms with E-state index in [9.17, 15) is 0 Å². The molecule has 5 fully saturated rings. The SMILES string of the molecule is CCOc1cccnc1/C=C/[C@@H](C)[C@H]1CC[C@H]2[C@@H]3CC(OC)C45C[C@H]4CC[C@]5(C)[C@H]3CC[C@]12C. The lowest BCUT2D eigenvalue weighted by Crippen LogP contribution is -2.57. The highest BCUT2D eigenvalue weighted by Crippen LogP contribution is 2.82. The van der Waals surface area contributed by atoms with E-state index in [1.807, 2.05) is 32.4 Å². The summed E-state index contributed by atoms with van der Waals surface area (Å²) in [7, 11) is 2.01. The molecule has 0 bridgehead atoms. The minimum absolute atomic E-state index is 0.457. The third kappa shape index (κ3) is 3.01. The number of rotatable bonds is 6. The Morgan fingerprint density at radius 2 is 2.00 bits per heavy atom. The Kier molecular flexibility index (Phi) is 5.49. The number of fused-ring (bicyclic) bond motifs is 4. The van der Waals surface area contributed by atoms with Crippen LogP contribution in [0.5, 0.6) is 5.75 Å². The van der Waals surface area contributed by atoms with Crippen molar-refractivity contribution in [3.8, 4) is 5.75 Å². The summed E-state index contributed by atoms with van der Waals surface area (Å²) in [6.07, 6.45) is 18.4. The number of hydrogen-bond donors (Lipinski definition) is 0. The Morgan fingerprint density at radius 1 is 1.15 bits per heavy atom. The average Bonchev–Trinajstić information content (AvgIpc) is 3.34. The van der Waals surface area contributed by atoms with Crippen molar-refractivity contribution in [1.82, 2.24) is 4.98 Å². The van der Waals surface area contributed by atoms with Gasteiger partial charge in [-0.15, -0.1) is 0 Å². The molecule has 0 aliphatic heterocycles. The van der Waals surface area contributed by atoms with Gasteiger partial charge in [-0.1, -0.05) is 26.8 Å². The van der Waals surface area contributed by atoms with Crippen LogP contribution < -0.4 is 4.74 Å². The number of ether oxygens (including phenoxy) is 2. The van der Waals surface area contributed by atoms with Crippen molar-refractivity contribution in [3.05, 3.63) is 30.1 Å². The first kappa shape index (κ1) is 23.1. The van der Waals surface area contributed by atoms with E-state index in [1.165, 1.54) is 51.4 Å². The molecule has 10 atom stereocenters. The van der Waals surface area contributed by atoms with Crippen LogP contribution in [0.4, 0.5) is 0 Å². The third-order valence-electron chi connectivity index (χ3n) is 12.2. The fraction of sp³-hybridized carbons (Fsp3) is 0.774. The van der Waals surface area contributed by atoms with Crippen LogP contribution in [-0.4, -0.2) is 24.8 Å². The Balaban J connectivity index is 1.23. The molecular weight excluding hydrogens is 418 g/mol. The molecule has 0 amide bonds. The summed E-state index contributed by atoms with van der Waals surface area (Å²) in [5.41, 5.74) is 2.48. The van der Waals surface area contributed by atoms with Gasteiger partial charge >= 0.3 is 0 Å². The fourth-order valence-corrected chi connectivity index (χ4v) is 10.7. The first-order valence-electron chi connectivity index (χ1n) is 14.2. The lowest BCUT2D eigenvalue weighted by atomic mass is 9.45. The molecule has 0 radical (unpaired) electrons. The molecule has 1 spiro atoms. The van der Waals surface area contributed by atoms with Gasteiger partial charge in [0.1, 0.15) is 11.4 Å². The number of hydrogen-bond acceptors (Lipinski definition) is 3. The molecule has 3 heteroatoms. The quantitative estimate of drug-likeness (QED) is 0.440. The first-order valence-corrected chi connectivity index (χ1v) is 14.2. The molecule has 6 rings (SSSR count). The average molecular weight is 464 g/mol. The summed E-state index contributed by atoms with van der Waals surface area (Å²) in [6, 6.07) is 3.99. The molecule has 5 aliphatic rings. The first-order chi connectivity index (χ1) is 16.4. The molecule has 5 aliphatic carbocycles. The summed E-state index contributed by atoms with van der Waals surface area (Å²) < 4.78 is 12.1. The van der Waals surface area contributed by atoms with Gasteiger partial charge in [0.25, 0.3) is 0 Å². The maximum Gasteiger partial charge on any atom is 0.144 e. The molecule has 34 heavy (non-hydrogen) atoms. The Labute approximate surface area is 207 Å². The van der Waals surface area contributed by atoms with Gasteiger partial charge in [-0.3, -0.25) is 4.98 Å². The molecule has 3 nitrogen and oxygen atoms in total. The minimum atomic E-state index is 0.457. The number of nitrogens with zero attached hydrogens (tertiary/aromatic N) is 1. The molecule has 186 valence electrons. The summed E-state index contributed by atoms with van der Waals surface area (Å²) in [5, 5.41) is 0. The third-order valence-corrected chi connectivity index (χ3v) is 12.2. The topological polar surface area (TPSA) is 31.4 Å². The maximum atomic E-state index is 6.31. The zero-order chi connectivity index (χ0) is 23.7. The van der Waals surface area contributed by atoms with Gasteiger partial charge < -0.3 is 9.47 Å². The van der Waals surface area contributed by atoms with E-state index in [0.29, 0.717) is 34.9 Å².